The van der Waals surface area contributed by atoms with Crippen LogP contribution in [0.2, 0.25) is 5.02 Å². The zero-order valence-electron chi connectivity index (χ0n) is 11.6. The Morgan fingerprint density at radius 3 is 2.68 bits per heavy atom. The van der Waals surface area contributed by atoms with E-state index >= 15 is 0 Å². The van der Waals surface area contributed by atoms with Crippen LogP contribution in [0, 0.1) is 0 Å². The van der Waals surface area contributed by atoms with Gasteiger partial charge >= 0.3 is 0 Å². The quantitative estimate of drug-likeness (QED) is 0.797. The van der Waals surface area contributed by atoms with Gasteiger partial charge in [0.05, 0.1) is 13.2 Å². The predicted molar refractivity (Wildman–Crippen MR) is 79.7 cm³/mol. The van der Waals surface area contributed by atoms with Gasteiger partial charge in [-0.2, -0.15) is 0 Å². The minimum atomic E-state index is 0.868. The number of nitrogens with zero attached hydrogens (tertiary/aromatic N) is 2. The van der Waals surface area contributed by atoms with Crippen molar-refractivity contribution in [2.75, 3.05) is 45.9 Å². The van der Waals surface area contributed by atoms with Crippen molar-refractivity contribution in [3.8, 4) is 0 Å². The van der Waals surface area contributed by atoms with Crippen LogP contribution in [0.25, 0.3) is 0 Å². The van der Waals surface area contributed by atoms with Gasteiger partial charge in [-0.15, -0.1) is 0 Å². The number of ether oxygens (including phenoxy) is 1. The molecule has 19 heavy (non-hydrogen) atoms. The first kappa shape index (κ1) is 14.8. The van der Waals surface area contributed by atoms with E-state index in [4.69, 9.17) is 16.3 Å². The molecule has 0 amide bonds. The number of likely N-dealkylation sites (N-methyl/N-ethyl adjacent to an activating group) is 1. The van der Waals surface area contributed by atoms with Gasteiger partial charge in [-0.25, -0.2) is 0 Å². The lowest BCUT2D eigenvalue weighted by Gasteiger charge is -2.29. The van der Waals surface area contributed by atoms with Crippen molar-refractivity contribution in [3.05, 3.63) is 34.9 Å². The third-order valence-electron chi connectivity index (χ3n) is 3.64. The van der Waals surface area contributed by atoms with Gasteiger partial charge in [-0.3, -0.25) is 9.80 Å². The van der Waals surface area contributed by atoms with E-state index in [1.807, 2.05) is 12.1 Å². The van der Waals surface area contributed by atoms with E-state index in [0.717, 1.165) is 57.5 Å². The van der Waals surface area contributed by atoms with Crippen LogP contribution in [0.15, 0.2) is 24.3 Å². The molecular weight excluding hydrogens is 260 g/mol. The molecule has 0 bridgehead atoms. The number of hydrogen-bond acceptors (Lipinski definition) is 3. The first-order valence-electron chi connectivity index (χ1n) is 7.05. The normalized spacial score (nSPS) is 17.0. The standard InChI is InChI=1S/C15H23ClN2O/c1-2-17(7-8-18-9-11-19-12-10-18)13-14-5-3-4-6-15(14)16/h3-6H,2,7-13H2,1H3. The van der Waals surface area contributed by atoms with Gasteiger partial charge in [0.25, 0.3) is 0 Å². The highest BCUT2D eigenvalue weighted by Gasteiger charge is 2.12. The maximum Gasteiger partial charge on any atom is 0.0594 e. The lowest BCUT2D eigenvalue weighted by Crippen LogP contribution is -2.41. The molecule has 0 radical (unpaired) electrons. The Bertz CT molecular complexity index is 380. The van der Waals surface area contributed by atoms with Crippen LogP contribution in [0.3, 0.4) is 0 Å². The molecule has 1 aromatic carbocycles. The van der Waals surface area contributed by atoms with Crippen LogP contribution in [-0.2, 0) is 11.3 Å². The Hall–Kier alpha value is -0.610. The third kappa shape index (κ3) is 4.77. The highest BCUT2D eigenvalue weighted by Crippen LogP contribution is 2.16. The number of rotatable bonds is 6. The molecule has 4 heteroatoms. The highest BCUT2D eigenvalue weighted by molar-refractivity contribution is 6.31. The Morgan fingerprint density at radius 2 is 2.00 bits per heavy atom. The molecule has 0 unspecified atom stereocenters. The molecule has 1 heterocycles. The van der Waals surface area contributed by atoms with Gasteiger partial charge in [-0.1, -0.05) is 36.7 Å². The summed E-state index contributed by atoms with van der Waals surface area (Å²) in [6.45, 7) is 10.2. The molecule has 0 atom stereocenters. The van der Waals surface area contributed by atoms with E-state index in [1.54, 1.807) is 0 Å². The van der Waals surface area contributed by atoms with E-state index in [1.165, 1.54) is 5.56 Å². The molecule has 1 aliphatic heterocycles. The monoisotopic (exact) mass is 282 g/mol. The highest BCUT2D eigenvalue weighted by atomic mass is 35.5. The van der Waals surface area contributed by atoms with E-state index in [0.29, 0.717) is 0 Å². The van der Waals surface area contributed by atoms with Crippen molar-refractivity contribution in [2.45, 2.75) is 13.5 Å². The number of morpholine rings is 1. The Kier molecular flexibility index (Phi) is 6.11. The number of benzene rings is 1. The summed E-state index contributed by atoms with van der Waals surface area (Å²) in [5, 5.41) is 0.868. The second-order valence-electron chi connectivity index (χ2n) is 4.91. The molecule has 2 rings (SSSR count). The topological polar surface area (TPSA) is 15.7 Å². The Morgan fingerprint density at radius 1 is 1.26 bits per heavy atom. The number of hydrogen-bond donors (Lipinski definition) is 0. The first-order chi connectivity index (χ1) is 9.29. The fourth-order valence-electron chi connectivity index (χ4n) is 2.32. The molecule has 1 aliphatic rings. The average molecular weight is 283 g/mol. The molecule has 0 aliphatic carbocycles. The SMILES string of the molecule is CCN(CCN1CCOCC1)Cc1ccccc1Cl. The van der Waals surface area contributed by atoms with Crippen LogP contribution in [0.5, 0.6) is 0 Å². The number of halogens is 1. The predicted octanol–water partition coefficient (Wildman–Crippen LogP) is 2.49. The fraction of sp³-hybridized carbons (Fsp3) is 0.600. The minimum Gasteiger partial charge on any atom is -0.379 e. The van der Waals surface area contributed by atoms with Crippen molar-refractivity contribution in [1.82, 2.24) is 9.80 Å². The van der Waals surface area contributed by atoms with Gasteiger partial charge in [0.15, 0.2) is 0 Å². The third-order valence-corrected chi connectivity index (χ3v) is 4.00. The lowest BCUT2D eigenvalue weighted by atomic mass is 10.2. The van der Waals surface area contributed by atoms with Gasteiger partial charge in [0.2, 0.25) is 0 Å². The Labute approximate surface area is 121 Å². The van der Waals surface area contributed by atoms with Crippen molar-refractivity contribution in [2.24, 2.45) is 0 Å². The smallest absolute Gasteiger partial charge is 0.0594 e. The summed E-state index contributed by atoms with van der Waals surface area (Å²) in [4.78, 5) is 4.91. The molecule has 3 nitrogen and oxygen atoms in total. The summed E-state index contributed by atoms with van der Waals surface area (Å²) in [5.74, 6) is 0. The van der Waals surface area contributed by atoms with Crippen LogP contribution in [0.4, 0.5) is 0 Å². The van der Waals surface area contributed by atoms with E-state index in [-0.39, 0.29) is 0 Å². The summed E-state index contributed by atoms with van der Waals surface area (Å²) in [6.07, 6.45) is 0. The molecule has 1 aromatic rings. The maximum atomic E-state index is 6.22. The average Bonchev–Trinajstić information content (AvgIpc) is 2.46. The van der Waals surface area contributed by atoms with Gasteiger partial charge < -0.3 is 4.74 Å². The summed E-state index contributed by atoms with van der Waals surface area (Å²) in [5.41, 5.74) is 1.22. The van der Waals surface area contributed by atoms with Crippen molar-refractivity contribution in [3.63, 3.8) is 0 Å². The van der Waals surface area contributed by atoms with E-state index in [9.17, 15) is 0 Å². The largest absolute Gasteiger partial charge is 0.379 e. The van der Waals surface area contributed by atoms with Gasteiger partial charge in [0, 0.05) is 37.7 Å². The zero-order chi connectivity index (χ0) is 13.5. The molecule has 0 spiro atoms. The lowest BCUT2D eigenvalue weighted by molar-refractivity contribution is 0.0332. The molecule has 106 valence electrons. The van der Waals surface area contributed by atoms with E-state index in [2.05, 4.69) is 28.9 Å². The zero-order valence-corrected chi connectivity index (χ0v) is 12.4. The maximum absolute atomic E-state index is 6.22. The van der Waals surface area contributed by atoms with Gasteiger partial charge in [-0.05, 0) is 18.2 Å². The second kappa shape index (κ2) is 7.85. The first-order valence-corrected chi connectivity index (χ1v) is 7.43. The summed E-state index contributed by atoms with van der Waals surface area (Å²) >= 11 is 6.22. The molecule has 1 saturated heterocycles. The summed E-state index contributed by atoms with van der Waals surface area (Å²) < 4.78 is 5.37. The Balaban J connectivity index is 1.81. The van der Waals surface area contributed by atoms with Crippen LogP contribution in [0.1, 0.15) is 12.5 Å². The van der Waals surface area contributed by atoms with Gasteiger partial charge in [0.1, 0.15) is 0 Å². The summed E-state index contributed by atoms with van der Waals surface area (Å²) in [7, 11) is 0. The minimum absolute atomic E-state index is 0.868. The summed E-state index contributed by atoms with van der Waals surface area (Å²) in [6, 6.07) is 8.11. The van der Waals surface area contributed by atoms with Crippen LogP contribution in [-0.4, -0.2) is 55.7 Å². The van der Waals surface area contributed by atoms with Crippen molar-refractivity contribution >= 4 is 11.6 Å². The molecule has 0 saturated carbocycles. The second-order valence-corrected chi connectivity index (χ2v) is 5.32. The van der Waals surface area contributed by atoms with Crippen LogP contribution < -0.4 is 0 Å². The van der Waals surface area contributed by atoms with E-state index < -0.39 is 0 Å². The fourth-order valence-corrected chi connectivity index (χ4v) is 2.52. The van der Waals surface area contributed by atoms with Crippen molar-refractivity contribution < 1.29 is 4.74 Å². The van der Waals surface area contributed by atoms with Crippen LogP contribution >= 0.6 is 11.6 Å². The molecule has 0 aromatic heterocycles. The molecule has 1 fully saturated rings. The molecular formula is C15H23ClN2O. The molecule has 0 N–H and O–H groups in total. The van der Waals surface area contributed by atoms with Crippen molar-refractivity contribution in [1.29, 1.82) is 0 Å².